The summed E-state index contributed by atoms with van der Waals surface area (Å²) in [5.74, 6) is 1.04. The smallest absolute Gasteiger partial charge is 0.221 e. The molecule has 1 aromatic rings. The number of nitriles is 1. The van der Waals surface area contributed by atoms with E-state index in [9.17, 15) is 4.79 Å². The van der Waals surface area contributed by atoms with Crippen molar-refractivity contribution in [2.24, 2.45) is 0 Å². The maximum Gasteiger partial charge on any atom is 0.221 e. The molecule has 92 valence electrons. The third-order valence-corrected chi connectivity index (χ3v) is 2.05. The van der Waals surface area contributed by atoms with E-state index >= 15 is 0 Å². The van der Waals surface area contributed by atoms with E-state index in [1.165, 1.54) is 0 Å². The SMILES string of the molecule is CC(C)NC(=O)CCNCc1ccc(C#N)o1. The molecule has 5 nitrogen and oxygen atoms in total. The van der Waals surface area contributed by atoms with E-state index in [0.717, 1.165) is 0 Å². The van der Waals surface area contributed by atoms with Crippen molar-refractivity contribution in [1.29, 1.82) is 5.26 Å². The third-order valence-electron chi connectivity index (χ3n) is 2.05. The lowest BCUT2D eigenvalue weighted by Gasteiger charge is -2.08. The van der Waals surface area contributed by atoms with Gasteiger partial charge in [-0.1, -0.05) is 0 Å². The van der Waals surface area contributed by atoms with Crippen molar-refractivity contribution in [2.45, 2.75) is 32.9 Å². The molecular weight excluding hydrogens is 218 g/mol. The summed E-state index contributed by atoms with van der Waals surface area (Å²) in [6.45, 7) is 4.97. The Kier molecular flexibility index (Phi) is 5.24. The highest BCUT2D eigenvalue weighted by Gasteiger charge is 2.03. The maximum atomic E-state index is 11.3. The molecule has 0 aliphatic heterocycles. The molecule has 0 aliphatic rings. The Morgan fingerprint density at radius 2 is 2.29 bits per heavy atom. The van der Waals surface area contributed by atoms with Crippen LogP contribution in [-0.2, 0) is 11.3 Å². The molecule has 0 aliphatic carbocycles. The minimum absolute atomic E-state index is 0.0321. The molecule has 0 saturated carbocycles. The molecule has 5 heteroatoms. The average Bonchev–Trinajstić information content (AvgIpc) is 2.71. The van der Waals surface area contributed by atoms with Crippen LogP contribution in [0.5, 0.6) is 0 Å². The van der Waals surface area contributed by atoms with E-state index in [-0.39, 0.29) is 11.9 Å². The zero-order valence-corrected chi connectivity index (χ0v) is 10.1. The second-order valence-corrected chi connectivity index (χ2v) is 4.03. The number of rotatable bonds is 6. The Bertz CT molecular complexity index is 404. The number of hydrogen-bond donors (Lipinski definition) is 2. The first-order chi connectivity index (χ1) is 8.11. The Morgan fingerprint density at radius 1 is 1.53 bits per heavy atom. The molecule has 0 spiro atoms. The molecule has 0 aromatic carbocycles. The fourth-order valence-electron chi connectivity index (χ4n) is 1.34. The summed E-state index contributed by atoms with van der Waals surface area (Å²) in [7, 11) is 0. The second kappa shape index (κ2) is 6.71. The highest BCUT2D eigenvalue weighted by molar-refractivity contribution is 5.76. The van der Waals surface area contributed by atoms with Crippen LogP contribution in [0.25, 0.3) is 0 Å². The fourth-order valence-corrected chi connectivity index (χ4v) is 1.34. The number of hydrogen-bond acceptors (Lipinski definition) is 4. The van der Waals surface area contributed by atoms with E-state index < -0.39 is 0 Å². The molecule has 0 radical (unpaired) electrons. The molecule has 2 N–H and O–H groups in total. The Balaban J connectivity index is 2.16. The van der Waals surface area contributed by atoms with Gasteiger partial charge in [0.25, 0.3) is 0 Å². The summed E-state index contributed by atoms with van der Waals surface area (Å²) in [5.41, 5.74) is 0. The number of amides is 1. The lowest BCUT2D eigenvalue weighted by molar-refractivity contribution is -0.121. The van der Waals surface area contributed by atoms with Crippen LogP contribution in [-0.4, -0.2) is 18.5 Å². The first-order valence-electron chi connectivity index (χ1n) is 5.60. The number of furan rings is 1. The van der Waals surface area contributed by atoms with Gasteiger partial charge in [0.05, 0.1) is 6.54 Å². The number of carbonyl (C=O) groups excluding carboxylic acids is 1. The van der Waals surface area contributed by atoms with Crippen LogP contribution in [0.2, 0.25) is 0 Å². The van der Waals surface area contributed by atoms with Crippen molar-refractivity contribution in [1.82, 2.24) is 10.6 Å². The zero-order chi connectivity index (χ0) is 12.7. The van der Waals surface area contributed by atoms with E-state index in [2.05, 4.69) is 10.6 Å². The minimum Gasteiger partial charge on any atom is -0.449 e. The van der Waals surface area contributed by atoms with Gasteiger partial charge >= 0.3 is 0 Å². The van der Waals surface area contributed by atoms with Crippen molar-refractivity contribution >= 4 is 5.91 Å². The molecule has 17 heavy (non-hydrogen) atoms. The summed E-state index contributed by atoms with van der Waals surface area (Å²) in [6, 6.07) is 5.47. The number of nitrogens with zero attached hydrogens (tertiary/aromatic N) is 1. The first kappa shape index (κ1) is 13.3. The molecule has 0 bridgehead atoms. The van der Waals surface area contributed by atoms with E-state index in [1.807, 2.05) is 19.9 Å². The van der Waals surface area contributed by atoms with Gasteiger partial charge in [-0.3, -0.25) is 4.79 Å². The molecule has 0 fully saturated rings. The minimum atomic E-state index is 0.0321. The molecule has 1 aromatic heterocycles. The van der Waals surface area contributed by atoms with Crippen molar-refractivity contribution < 1.29 is 9.21 Å². The molecule has 0 saturated heterocycles. The predicted molar refractivity (Wildman–Crippen MR) is 63.0 cm³/mol. The predicted octanol–water partition coefficient (Wildman–Crippen LogP) is 1.16. The van der Waals surface area contributed by atoms with Crippen LogP contribution in [0.15, 0.2) is 16.5 Å². The molecular formula is C12H17N3O2. The highest BCUT2D eigenvalue weighted by Crippen LogP contribution is 2.05. The quantitative estimate of drug-likeness (QED) is 0.725. The monoisotopic (exact) mass is 235 g/mol. The summed E-state index contributed by atoms with van der Waals surface area (Å²) in [4.78, 5) is 11.3. The number of carbonyl (C=O) groups is 1. The summed E-state index contributed by atoms with van der Waals surface area (Å²) in [5, 5.41) is 14.5. The molecule has 1 amide bonds. The van der Waals surface area contributed by atoms with E-state index in [4.69, 9.17) is 9.68 Å². The third kappa shape index (κ3) is 5.18. The second-order valence-electron chi connectivity index (χ2n) is 4.03. The van der Waals surface area contributed by atoms with Gasteiger partial charge in [-0.05, 0) is 26.0 Å². The highest BCUT2D eigenvalue weighted by atomic mass is 16.3. The van der Waals surface area contributed by atoms with Gasteiger partial charge in [-0.25, -0.2) is 0 Å². The van der Waals surface area contributed by atoms with Crippen LogP contribution in [0.4, 0.5) is 0 Å². The Hall–Kier alpha value is -1.80. The molecule has 0 atom stereocenters. The zero-order valence-electron chi connectivity index (χ0n) is 10.1. The van der Waals surface area contributed by atoms with Crippen molar-refractivity contribution in [3.63, 3.8) is 0 Å². The van der Waals surface area contributed by atoms with Gasteiger partial charge in [0.15, 0.2) is 0 Å². The van der Waals surface area contributed by atoms with Crippen molar-refractivity contribution in [2.75, 3.05) is 6.54 Å². The molecule has 1 heterocycles. The Labute approximate surface area is 101 Å². The van der Waals surface area contributed by atoms with E-state index in [1.54, 1.807) is 12.1 Å². The van der Waals surface area contributed by atoms with Crippen LogP contribution in [0.1, 0.15) is 31.8 Å². The van der Waals surface area contributed by atoms with Crippen molar-refractivity contribution in [3.05, 3.63) is 23.7 Å². The number of nitrogens with one attached hydrogen (secondary N) is 2. The maximum absolute atomic E-state index is 11.3. The largest absolute Gasteiger partial charge is 0.449 e. The van der Waals surface area contributed by atoms with Gasteiger partial charge in [0.2, 0.25) is 11.7 Å². The summed E-state index contributed by atoms with van der Waals surface area (Å²) in [6.07, 6.45) is 0.435. The van der Waals surface area contributed by atoms with Gasteiger partial charge in [0.1, 0.15) is 11.8 Å². The average molecular weight is 235 g/mol. The van der Waals surface area contributed by atoms with Crippen LogP contribution < -0.4 is 10.6 Å². The lowest BCUT2D eigenvalue weighted by atomic mass is 10.3. The van der Waals surface area contributed by atoms with Gasteiger partial charge in [-0.15, -0.1) is 0 Å². The topological polar surface area (TPSA) is 78.1 Å². The van der Waals surface area contributed by atoms with E-state index in [0.29, 0.717) is 31.0 Å². The fraction of sp³-hybridized carbons (Fsp3) is 0.500. The Morgan fingerprint density at radius 3 is 2.88 bits per heavy atom. The molecule has 0 unspecified atom stereocenters. The summed E-state index contributed by atoms with van der Waals surface area (Å²) < 4.78 is 5.18. The lowest BCUT2D eigenvalue weighted by Crippen LogP contribution is -2.32. The van der Waals surface area contributed by atoms with Crippen LogP contribution in [0.3, 0.4) is 0 Å². The van der Waals surface area contributed by atoms with Crippen LogP contribution in [0, 0.1) is 11.3 Å². The van der Waals surface area contributed by atoms with Crippen molar-refractivity contribution in [3.8, 4) is 6.07 Å². The van der Waals surface area contributed by atoms with Gasteiger partial charge in [0, 0.05) is 19.0 Å². The van der Waals surface area contributed by atoms with Crippen LogP contribution >= 0.6 is 0 Å². The summed E-state index contributed by atoms with van der Waals surface area (Å²) >= 11 is 0. The molecule has 1 rings (SSSR count). The van der Waals surface area contributed by atoms with Gasteiger partial charge < -0.3 is 15.1 Å². The first-order valence-corrected chi connectivity index (χ1v) is 5.60. The standard InChI is InChI=1S/C12H17N3O2/c1-9(2)15-12(16)5-6-14-8-11-4-3-10(7-13)17-11/h3-4,9,14H,5-6,8H2,1-2H3,(H,15,16). The normalized spacial score (nSPS) is 10.2. The van der Waals surface area contributed by atoms with Gasteiger partial charge in [-0.2, -0.15) is 5.26 Å².